The van der Waals surface area contributed by atoms with Crippen LogP contribution >= 0.6 is 0 Å². The van der Waals surface area contributed by atoms with E-state index in [2.05, 4.69) is 6.92 Å². The molecule has 0 unspecified atom stereocenters. The van der Waals surface area contributed by atoms with Crippen LogP contribution in [0.15, 0.2) is 0 Å². The average Bonchev–Trinajstić information content (AvgIpc) is 2.18. The Balaban J connectivity index is 2.48. The van der Waals surface area contributed by atoms with Crippen LogP contribution in [0.5, 0.6) is 0 Å². The van der Waals surface area contributed by atoms with Crippen molar-refractivity contribution in [2.45, 2.75) is 57.8 Å². The van der Waals surface area contributed by atoms with Crippen molar-refractivity contribution in [3.05, 3.63) is 0 Å². The van der Waals surface area contributed by atoms with Crippen molar-refractivity contribution >= 4 is 0 Å². The summed E-state index contributed by atoms with van der Waals surface area (Å²) in [6.07, 6.45) is 4.55. The van der Waals surface area contributed by atoms with Crippen molar-refractivity contribution in [3.63, 3.8) is 0 Å². The third kappa shape index (κ3) is 2.91. The van der Waals surface area contributed by atoms with Crippen molar-refractivity contribution in [3.8, 4) is 0 Å². The predicted octanol–water partition coefficient (Wildman–Crippen LogP) is 3.33. The molecule has 0 heterocycles. The number of hydrogen-bond acceptors (Lipinski definition) is 1. The first-order valence-electron chi connectivity index (χ1n) is 5.61. The van der Waals surface area contributed by atoms with Crippen LogP contribution in [0.2, 0.25) is 0 Å². The molecule has 1 aliphatic carbocycles. The minimum atomic E-state index is -2.43. The summed E-state index contributed by atoms with van der Waals surface area (Å²) in [5.41, 5.74) is 5.75. The maximum absolute atomic E-state index is 13.0. The summed E-state index contributed by atoms with van der Waals surface area (Å²) in [5, 5.41) is 0. The van der Waals surface area contributed by atoms with E-state index in [1.54, 1.807) is 0 Å². The van der Waals surface area contributed by atoms with Crippen molar-refractivity contribution < 1.29 is 8.78 Å². The predicted molar refractivity (Wildman–Crippen MR) is 54.4 cm³/mol. The lowest BCUT2D eigenvalue weighted by Crippen LogP contribution is -2.38. The van der Waals surface area contributed by atoms with E-state index in [0.717, 1.165) is 19.3 Å². The highest BCUT2D eigenvalue weighted by atomic mass is 19.3. The average molecular weight is 205 g/mol. The SMILES string of the molecule is CCCCC1(CN)CCC(F)(F)CC1. The molecule has 1 aliphatic rings. The van der Waals surface area contributed by atoms with Gasteiger partial charge in [-0.3, -0.25) is 0 Å². The van der Waals surface area contributed by atoms with Gasteiger partial charge in [0.05, 0.1) is 0 Å². The first-order chi connectivity index (χ1) is 6.54. The summed E-state index contributed by atoms with van der Waals surface area (Å²) in [7, 11) is 0. The highest BCUT2D eigenvalue weighted by molar-refractivity contribution is 4.89. The van der Waals surface area contributed by atoms with Gasteiger partial charge in [0.25, 0.3) is 0 Å². The Hall–Kier alpha value is -0.180. The van der Waals surface area contributed by atoms with Crippen LogP contribution in [0, 0.1) is 5.41 Å². The summed E-state index contributed by atoms with van der Waals surface area (Å²) in [5.74, 6) is -2.43. The van der Waals surface area contributed by atoms with Gasteiger partial charge in [-0.2, -0.15) is 0 Å². The first-order valence-corrected chi connectivity index (χ1v) is 5.61. The van der Waals surface area contributed by atoms with Gasteiger partial charge in [0, 0.05) is 12.8 Å². The number of hydrogen-bond donors (Lipinski definition) is 1. The van der Waals surface area contributed by atoms with Crippen molar-refractivity contribution in [2.75, 3.05) is 6.54 Å². The molecule has 0 saturated heterocycles. The number of unbranched alkanes of at least 4 members (excludes halogenated alkanes) is 1. The summed E-state index contributed by atoms with van der Waals surface area (Å²) in [6, 6.07) is 0. The third-order valence-electron chi connectivity index (χ3n) is 3.54. The Morgan fingerprint density at radius 1 is 1.14 bits per heavy atom. The normalized spacial score (nSPS) is 24.9. The van der Waals surface area contributed by atoms with Crippen LogP contribution in [0.3, 0.4) is 0 Å². The lowest BCUT2D eigenvalue weighted by Gasteiger charge is -2.39. The standard InChI is InChI=1S/C11H21F2N/c1-2-3-4-10(9-14)5-7-11(12,13)8-6-10/h2-9,14H2,1H3. The van der Waals surface area contributed by atoms with E-state index < -0.39 is 5.92 Å². The van der Waals surface area contributed by atoms with Crippen molar-refractivity contribution in [1.29, 1.82) is 0 Å². The molecule has 0 amide bonds. The van der Waals surface area contributed by atoms with Gasteiger partial charge in [-0.15, -0.1) is 0 Å². The minimum absolute atomic E-state index is 0.0255. The summed E-state index contributed by atoms with van der Waals surface area (Å²) in [6.45, 7) is 2.70. The maximum Gasteiger partial charge on any atom is 0.248 e. The van der Waals surface area contributed by atoms with Crippen LogP contribution in [0.1, 0.15) is 51.9 Å². The van der Waals surface area contributed by atoms with Crippen LogP contribution < -0.4 is 5.73 Å². The Labute approximate surface area is 85.1 Å². The second kappa shape index (κ2) is 4.56. The molecule has 1 nitrogen and oxygen atoms in total. The molecule has 2 N–H and O–H groups in total. The molecule has 0 atom stereocenters. The van der Waals surface area contributed by atoms with E-state index >= 15 is 0 Å². The highest BCUT2D eigenvalue weighted by Crippen LogP contribution is 2.45. The van der Waals surface area contributed by atoms with Crippen LogP contribution in [-0.2, 0) is 0 Å². The van der Waals surface area contributed by atoms with Gasteiger partial charge in [-0.1, -0.05) is 19.8 Å². The van der Waals surface area contributed by atoms with Crippen LogP contribution in [0.25, 0.3) is 0 Å². The fourth-order valence-corrected chi connectivity index (χ4v) is 2.25. The van der Waals surface area contributed by atoms with Crippen LogP contribution in [-0.4, -0.2) is 12.5 Å². The molecule has 1 saturated carbocycles. The molecule has 0 aromatic carbocycles. The third-order valence-corrected chi connectivity index (χ3v) is 3.54. The molecule has 84 valence electrons. The quantitative estimate of drug-likeness (QED) is 0.748. The minimum Gasteiger partial charge on any atom is -0.330 e. The zero-order valence-corrected chi connectivity index (χ0v) is 8.99. The summed E-state index contributed by atoms with van der Waals surface area (Å²) >= 11 is 0. The van der Waals surface area contributed by atoms with Crippen molar-refractivity contribution in [2.24, 2.45) is 11.1 Å². The second-order valence-corrected chi connectivity index (χ2v) is 4.66. The number of halogens is 2. The second-order valence-electron chi connectivity index (χ2n) is 4.66. The van der Waals surface area contributed by atoms with Crippen LogP contribution in [0.4, 0.5) is 8.78 Å². The number of alkyl halides is 2. The summed E-state index contributed by atoms with van der Waals surface area (Å²) < 4.78 is 25.9. The lowest BCUT2D eigenvalue weighted by atomic mass is 9.70. The molecule has 0 aliphatic heterocycles. The first kappa shape index (κ1) is 11.9. The molecule has 0 radical (unpaired) electrons. The fourth-order valence-electron chi connectivity index (χ4n) is 2.25. The van der Waals surface area contributed by atoms with E-state index in [0.29, 0.717) is 19.4 Å². The van der Waals surface area contributed by atoms with E-state index in [1.807, 2.05) is 0 Å². The molecule has 0 aromatic rings. The van der Waals surface area contributed by atoms with Gasteiger partial charge in [0.2, 0.25) is 5.92 Å². The van der Waals surface area contributed by atoms with Gasteiger partial charge in [0.1, 0.15) is 0 Å². The zero-order valence-electron chi connectivity index (χ0n) is 8.99. The zero-order chi connectivity index (χ0) is 10.7. The topological polar surface area (TPSA) is 26.0 Å². The molecular formula is C11H21F2N. The van der Waals surface area contributed by atoms with E-state index in [4.69, 9.17) is 5.73 Å². The molecule has 1 rings (SSSR count). The van der Waals surface area contributed by atoms with Crippen molar-refractivity contribution in [1.82, 2.24) is 0 Å². The van der Waals surface area contributed by atoms with E-state index in [-0.39, 0.29) is 18.3 Å². The summed E-state index contributed by atoms with van der Waals surface area (Å²) in [4.78, 5) is 0. The molecule has 0 spiro atoms. The lowest BCUT2D eigenvalue weighted by molar-refractivity contribution is -0.0672. The Morgan fingerprint density at radius 3 is 2.14 bits per heavy atom. The molecule has 14 heavy (non-hydrogen) atoms. The van der Waals surface area contributed by atoms with Gasteiger partial charge in [0.15, 0.2) is 0 Å². The largest absolute Gasteiger partial charge is 0.330 e. The Bertz CT molecular complexity index is 170. The van der Waals surface area contributed by atoms with Gasteiger partial charge < -0.3 is 5.73 Å². The molecule has 1 fully saturated rings. The number of nitrogens with two attached hydrogens (primary N) is 1. The highest BCUT2D eigenvalue weighted by Gasteiger charge is 2.41. The van der Waals surface area contributed by atoms with E-state index in [1.165, 1.54) is 0 Å². The maximum atomic E-state index is 13.0. The molecule has 3 heteroatoms. The van der Waals surface area contributed by atoms with Gasteiger partial charge >= 0.3 is 0 Å². The molecular weight excluding hydrogens is 184 g/mol. The monoisotopic (exact) mass is 205 g/mol. The van der Waals surface area contributed by atoms with Gasteiger partial charge in [-0.25, -0.2) is 8.78 Å². The molecule has 0 aromatic heterocycles. The van der Waals surface area contributed by atoms with Gasteiger partial charge in [-0.05, 0) is 31.2 Å². The van der Waals surface area contributed by atoms with E-state index in [9.17, 15) is 8.78 Å². The number of rotatable bonds is 4. The Kier molecular flexibility index (Phi) is 3.87. The fraction of sp³-hybridized carbons (Fsp3) is 1.00. The Morgan fingerprint density at radius 2 is 1.71 bits per heavy atom. The smallest absolute Gasteiger partial charge is 0.248 e. The molecule has 0 bridgehead atoms.